The first kappa shape index (κ1) is 15.4. The van der Waals surface area contributed by atoms with Gasteiger partial charge in [-0.1, -0.05) is 12.1 Å². The molecule has 2 aromatic rings. The summed E-state index contributed by atoms with van der Waals surface area (Å²) in [6.45, 7) is 1.71. The van der Waals surface area contributed by atoms with Gasteiger partial charge in [0.15, 0.2) is 0 Å². The number of carbonyl (C=O) groups is 2. The first-order chi connectivity index (χ1) is 10.1. The van der Waals surface area contributed by atoms with Crippen LogP contribution in [0.2, 0.25) is 0 Å². The van der Waals surface area contributed by atoms with Crippen molar-refractivity contribution in [2.75, 3.05) is 11.9 Å². The van der Waals surface area contributed by atoms with E-state index in [1.54, 1.807) is 13.0 Å². The molecule has 0 radical (unpaired) electrons. The highest BCUT2D eigenvalue weighted by molar-refractivity contribution is 14.1. The Morgan fingerprint density at radius 3 is 2.86 bits per heavy atom. The van der Waals surface area contributed by atoms with E-state index in [0.717, 1.165) is 8.25 Å². The summed E-state index contributed by atoms with van der Waals surface area (Å²) in [5, 5.41) is 13.3. The number of nitrogens with zero attached hydrogens (tertiary/aromatic N) is 4. The maximum absolute atomic E-state index is 12.0. The average Bonchev–Trinajstić information content (AvgIpc) is 2.90. The van der Waals surface area contributed by atoms with Crippen LogP contribution in [0.3, 0.4) is 0 Å². The van der Waals surface area contributed by atoms with Gasteiger partial charge in [-0.3, -0.25) is 4.79 Å². The first-order valence-corrected chi connectivity index (χ1v) is 7.17. The maximum atomic E-state index is 12.0. The molecule has 1 aromatic heterocycles. The number of nitrogens with one attached hydrogen (secondary N) is 1. The third-order valence-electron chi connectivity index (χ3n) is 2.43. The lowest BCUT2D eigenvalue weighted by Crippen LogP contribution is -2.23. The second kappa shape index (κ2) is 7.11. The number of rotatable bonds is 5. The van der Waals surface area contributed by atoms with E-state index in [-0.39, 0.29) is 24.9 Å². The number of benzene rings is 1. The van der Waals surface area contributed by atoms with Gasteiger partial charge in [0.05, 0.1) is 12.3 Å². The van der Waals surface area contributed by atoms with Gasteiger partial charge < -0.3 is 10.1 Å². The molecule has 0 aliphatic rings. The molecule has 0 spiro atoms. The Balaban J connectivity index is 2.05. The summed E-state index contributed by atoms with van der Waals surface area (Å²) in [7, 11) is 0. The van der Waals surface area contributed by atoms with Crippen LogP contribution >= 0.6 is 22.6 Å². The van der Waals surface area contributed by atoms with E-state index in [4.69, 9.17) is 4.74 Å². The first-order valence-electron chi connectivity index (χ1n) is 6.09. The van der Waals surface area contributed by atoms with Gasteiger partial charge in [0.25, 0.3) is 5.82 Å². The van der Waals surface area contributed by atoms with E-state index >= 15 is 0 Å². The van der Waals surface area contributed by atoms with Crippen molar-refractivity contribution in [2.24, 2.45) is 0 Å². The zero-order valence-electron chi connectivity index (χ0n) is 11.1. The van der Waals surface area contributed by atoms with E-state index in [0.29, 0.717) is 5.69 Å². The highest BCUT2D eigenvalue weighted by Gasteiger charge is 2.18. The van der Waals surface area contributed by atoms with Crippen LogP contribution in [-0.4, -0.2) is 38.7 Å². The van der Waals surface area contributed by atoms with Gasteiger partial charge in [0, 0.05) is 3.57 Å². The number of ether oxygens (including phenoxy) is 1. The molecule has 0 saturated heterocycles. The van der Waals surface area contributed by atoms with E-state index in [1.807, 2.05) is 18.2 Å². The Hall–Kier alpha value is -2.04. The van der Waals surface area contributed by atoms with Gasteiger partial charge in [-0.25, -0.2) is 9.48 Å². The summed E-state index contributed by atoms with van der Waals surface area (Å²) < 4.78 is 6.82. The van der Waals surface area contributed by atoms with Gasteiger partial charge in [0.1, 0.15) is 6.54 Å². The van der Waals surface area contributed by atoms with Crippen LogP contribution in [0.5, 0.6) is 0 Å². The number of tetrazole rings is 1. The van der Waals surface area contributed by atoms with Gasteiger partial charge in [-0.2, -0.15) is 0 Å². The molecule has 1 heterocycles. The minimum atomic E-state index is -0.662. The Morgan fingerprint density at radius 2 is 2.14 bits per heavy atom. The van der Waals surface area contributed by atoms with Crippen molar-refractivity contribution in [3.8, 4) is 0 Å². The predicted molar refractivity (Wildman–Crippen MR) is 81.6 cm³/mol. The number of para-hydroxylation sites is 1. The van der Waals surface area contributed by atoms with Crippen LogP contribution in [0.4, 0.5) is 5.69 Å². The molecule has 0 fully saturated rings. The summed E-state index contributed by atoms with van der Waals surface area (Å²) in [5.74, 6) is -1.10. The largest absolute Gasteiger partial charge is 0.460 e. The number of halogens is 1. The van der Waals surface area contributed by atoms with Gasteiger partial charge in [0.2, 0.25) is 5.91 Å². The summed E-state index contributed by atoms with van der Waals surface area (Å²) in [6.07, 6.45) is 0. The van der Waals surface area contributed by atoms with Gasteiger partial charge >= 0.3 is 5.97 Å². The quantitative estimate of drug-likeness (QED) is 0.595. The van der Waals surface area contributed by atoms with Crippen LogP contribution in [0.15, 0.2) is 24.3 Å². The number of hydrogen-bond donors (Lipinski definition) is 1. The fraction of sp³-hybridized carbons (Fsp3) is 0.250. The van der Waals surface area contributed by atoms with E-state index in [2.05, 4.69) is 43.4 Å². The lowest BCUT2D eigenvalue weighted by atomic mass is 10.3. The molecule has 1 amide bonds. The van der Waals surface area contributed by atoms with Crippen molar-refractivity contribution in [3.63, 3.8) is 0 Å². The average molecular weight is 401 g/mol. The summed E-state index contributed by atoms with van der Waals surface area (Å²) in [5.41, 5.74) is 0.689. The molecule has 0 unspecified atom stereocenters. The van der Waals surface area contributed by atoms with E-state index < -0.39 is 5.97 Å². The van der Waals surface area contributed by atoms with Crippen LogP contribution in [0, 0.1) is 3.57 Å². The van der Waals surface area contributed by atoms with E-state index in [1.165, 1.54) is 0 Å². The fourth-order valence-electron chi connectivity index (χ4n) is 1.54. The molecule has 0 aliphatic heterocycles. The maximum Gasteiger partial charge on any atom is 0.378 e. The van der Waals surface area contributed by atoms with Crippen LogP contribution in [-0.2, 0) is 16.1 Å². The number of aromatic nitrogens is 4. The van der Waals surface area contributed by atoms with Crippen molar-refractivity contribution in [2.45, 2.75) is 13.5 Å². The number of hydrogen-bond acceptors (Lipinski definition) is 6. The molecule has 1 aromatic carbocycles. The number of carbonyl (C=O) groups excluding carboxylic acids is 2. The number of amides is 1. The topological polar surface area (TPSA) is 99.0 Å². The summed E-state index contributed by atoms with van der Waals surface area (Å²) >= 11 is 2.12. The van der Waals surface area contributed by atoms with Crippen LogP contribution < -0.4 is 5.32 Å². The normalized spacial score (nSPS) is 10.2. The molecule has 8 nitrogen and oxygen atoms in total. The highest BCUT2D eigenvalue weighted by Crippen LogP contribution is 2.16. The van der Waals surface area contributed by atoms with Crippen molar-refractivity contribution < 1.29 is 14.3 Å². The summed E-state index contributed by atoms with van der Waals surface area (Å²) in [6, 6.07) is 7.35. The van der Waals surface area contributed by atoms with E-state index in [9.17, 15) is 9.59 Å². The molecule has 0 aliphatic carbocycles. The Bertz CT molecular complexity index is 658. The fourth-order valence-corrected chi connectivity index (χ4v) is 2.06. The second-order valence-electron chi connectivity index (χ2n) is 3.91. The molecule has 110 valence electrons. The number of anilines is 1. The molecule has 0 saturated carbocycles. The lowest BCUT2D eigenvalue weighted by Gasteiger charge is -2.07. The van der Waals surface area contributed by atoms with Crippen LogP contribution in [0.25, 0.3) is 0 Å². The third kappa shape index (κ3) is 3.97. The van der Waals surface area contributed by atoms with Crippen molar-refractivity contribution in [3.05, 3.63) is 33.7 Å². The summed E-state index contributed by atoms with van der Waals surface area (Å²) in [4.78, 5) is 23.6. The second-order valence-corrected chi connectivity index (χ2v) is 5.07. The van der Waals surface area contributed by atoms with Gasteiger partial charge in [-0.05, 0) is 52.1 Å². The zero-order valence-corrected chi connectivity index (χ0v) is 13.3. The predicted octanol–water partition coefficient (Wildman–Crippen LogP) is 1.09. The van der Waals surface area contributed by atoms with Crippen molar-refractivity contribution in [1.82, 2.24) is 20.2 Å². The molecule has 2 rings (SSSR count). The molecular weight excluding hydrogens is 389 g/mol. The molecule has 0 bridgehead atoms. The minimum absolute atomic E-state index is 0.102. The van der Waals surface area contributed by atoms with Crippen LogP contribution in [0.1, 0.15) is 17.5 Å². The smallest absolute Gasteiger partial charge is 0.378 e. The third-order valence-corrected chi connectivity index (χ3v) is 3.37. The SMILES string of the molecule is CCOC(=O)c1nnnn1CC(=O)Nc1ccccc1I. The Labute approximate surface area is 134 Å². The molecule has 1 N–H and O–H groups in total. The standard InChI is InChI=1S/C12H12IN5O3/c1-2-21-12(20)11-15-16-17-18(11)7-10(19)14-9-6-4-3-5-8(9)13/h3-6H,2,7H2,1H3,(H,14,19). The van der Waals surface area contributed by atoms with Gasteiger partial charge in [-0.15, -0.1) is 5.10 Å². The van der Waals surface area contributed by atoms with Crippen molar-refractivity contribution in [1.29, 1.82) is 0 Å². The zero-order chi connectivity index (χ0) is 15.2. The monoisotopic (exact) mass is 401 g/mol. The molecule has 9 heteroatoms. The Kier molecular flexibility index (Phi) is 5.20. The number of esters is 1. The molecule has 0 atom stereocenters. The Morgan fingerprint density at radius 1 is 1.38 bits per heavy atom. The minimum Gasteiger partial charge on any atom is -0.460 e. The highest BCUT2D eigenvalue weighted by atomic mass is 127. The molecule has 21 heavy (non-hydrogen) atoms. The lowest BCUT2D eigenvalue weighted by molar-refractivity contribution is -0.116. The van der Waals surface area contributed by atoms with Crippen molar-refractivity contribution >= 4 is 40.2 Å². The molecular formula is C12H12IN5O3.